The topological polar surface area (TPSA) is 458 Å². The van der Waals surface area contributed by atoms with Gasteiger partial charge in [-0.2, -0.15) is 0 Å². The SMILES string of the molecule is CC[C@H](C)[C@H](NC(=O)[C@H](Cc1ccc(O)cc1)NC(=O)[C@H](CCCCN)NC(=O)[C@H](CCCCN)NC(C)=O)C(=O)N[C@@H](CCCCN)C(=O)N[C@H](C(=O)N[C@@H](Cc1ccccc1)C(=O)N[C@H](C(=O)N[C@@H](Cc1ccccc1)C(=O)N[C@@H](CCCCN)C(N)=O)C(C)C)C(C)C. The van der Waals surface area contributed by atoms with Crippen LogP contribution in [0.15, 0.2) is 84.9 Å². The minimum Gasteiger partial charge on any atom is -0.508 e. The number of nitrogens with one attached hydrogen (secondary N) is 10. The van der Waals surface area contributed by atoms with Crippen molar-refractivity contribution < 1.29 is 57.8 Å². The average Bonchev–Trinajstić information content (AvgIpc) is 0.926. The van der Waals surface area contributed by atoms with Crippen molar-refractivity contribution in [3.05, 3.63) is 102 Å². The number of benzene rings is 3. The number of phenols is 1. The van der Waals surface area contributed by atoms with E-state index in [4.69, 9.17) is 28.7 Å². The predicted molar refractivity (Wildman–Crippen MR) is 367 cm³/mol. The molecule has 0 aliphatic rings. The van der Waals surface area contributed by atoms with Crippen molar-refractivity contribution in [2.45, 2.75) is 212 Å². The van der Waals surface area contributed by atoms with Gasteiger partial charge in [-0.25, -0.2) is 0 Å². The first-order chi connectivity index (χ1) is 45.8. The lowest BCUT2D eigenvalue weighted by Gasteiger charge is -2.31. The summed E-state index contributed by atoms with van der Waals surface area (Å²) in [4.78, 5) is 155. The quantitative estimate of drug-likeness (QED) is 0.0345. The van der Waals surface area contributed by atoms with Crippen LogP contribution in [0.25, 0.3) is 0 Å². The summed E-state index contributed by atoms with van der Waals surface area (Å²) in [5.41, 5.74) is 30.6. The van der Waals surface area contributed by atoms with Gasteiger partial charge in [-0.1, -0.05) is 121 Å². The molecule has 0 radical (unpaired) electrons. The molecule has 21 N–H and O–H groups in total. The van der Waals surface area contributed by atoms with Crippen LogP contribution in [0.5, 0.6) is 5.75 Å². The van der Waals surface area contributed by atoms with Crippen LogP contribution >= 0.6 is 0 Å². The molecule has 27 nitrogen and oxygen atoms in total. The number of primary amides is 1. The van der Waals surface area contributed by atoms with Crippen LogP contribution in [0.3, 0.4) is 0 Å². The van der Waals surface area contributed by atoms with E-state index in [0.29, 0.717) is 94.1 Å². The van der Waals surface area contributed by atoms with Gasteiger partial charge in [-0.3, -0.25) is 52.7 Å². The highest BCUT2D eigenvalue weighted by atomic mass is 16.3. The Kier molecular flexibility index (Phi) is 37.7. The smallest absolute Gasteiger partial charge is 0.243 e. The highest BCUT2D eigenvalue weighted by Gasteiger charge is 2.38. The van der Waals surface area contributed by atoms with Gasteiger partial charge < -0.3 is 86.9 Å². The molecule has 96 heavy (non-hydrogen) atoms. The zero-order chi connectivity index (χ0) is 71.3. The van der Waals surface area contributed by atoms with E-state index in [-0.39, 0.29) is 57.2 Å². The first-order valence-electron chi connectivity index (χ1n) is 33.7. The molecule has 27 heteroatoms. The lowest BCUT2D eigenvalue weighted by atomic mass is 9.96. The molecular formula is C69H109N15O12. The second-order valence-corrected chi connectivity index (χ2v) is 25.2. The van der Waals surface area contributed by atoms with E-state index in [0.717, 1.165) is 0 Å². The van der Waals surface area contributed by atoms with Crippen molar-refractivity contribution in [1.29, 1.82) is 0 Å². The Bertz CT molecular complexity index is 2920. The van der Waals surface area contributed by atoms with Crippen molar-refractivity contribution in [2.24, 2.45) is 46.4 Å². The molecule has 0 unspecified atom stereocenters. The van der Waals surface area contributed by atoms with Crippen LogP contribution in [0, 0.1) is 17.8 Å². The van der Waals surface area contributed by atoms with Crippen LogP contribution in [-0.2, 0) is 72.0 Å². The van der Waals surface area contributed by atoms with E-state index >= 15 is 0 Å². The molecule has 0 aliphatic heterocycles. The van der Waals surface area contributed by atoms with Gasteiger partial charge in [0.1, 0.15) is 66.2 Å². The molecule has 0 aliphatic carbocycles. The third-order valence-corrected chi connectivity index (χ3v) is 16.5. The fraction of sp³-hybridized carbons (Fsp3) is 0.580. The first kappa shape index (κ1) is 81.7. The van der Waals surface area contributed by atoms with Crippen LogP contribution in [0.2, 0.25) is 0 Å². The van der Waals surface area contributed by atoms with Gasteiger partial charge in [0.05, 0.1) is 0 Å². The van der Waals surface area contributed by atoms with Crippen molar-refractivity contribution in [2.75, 3.05) is 26.2 Å². The molecule has 0 spiro atoms. The van der Waals surface area contributed by atoms with Gasteiger partial charge in [0.15, 0.2) is 0 Å². The Morgan fingerprint density at radius 1 is 0.354 bits per heavy atom. The molecule has 0 saturated carbocycles. The van der Waals surface area contributed by atoms with Gasteiger partial charge in [0, 0.05) is 26.2 Å². The maximum Gasteiger partial charge on any atom is 0.243 e. The van der Waals surface area contributed by atoms with Gasteiger partial charge in [0.2, 0.25) is 65.0 Å². The fourth-order valence-electron chi connectivity index (χ4n) is 10.6. The summed E-state index contributed by atoms with van der Waals surface area (Å²) < 4.78 is 0. The maximum atomic E-state index is 14.8. The molecule has 11 atom stereocenters. The molecule has 0 saturated heterocycles. The van der Waals surface area contributed by atoms with E-state index in [1.807, 2.05) is 0 Å². The zero-order valence-corrected chi connectivity index (χ0v) is 57.1. The molecular weight excluding hydrogens is 1230 g/mol. The predicted octanol–water partition coefficient (Wildman–Crippen LogP) is 0.647. The largest absolute Gasteiger partial charge is 0.508 e. The number of rotatable bonds is 46. The van der Waals surface area contributed by atoms with E-state index < -0.39 is 143 Å². The first-order valence-corrected chi connectivity index (χ1v) is 33.7. The Morgan fingerprint density at radius 2 is 0.635 bits per heavy atom. The van der Waals surface area contributed by atoms with E-state index in [1.54, 1.807) is 114 Å². The molecule has 3 rings (SSSR count). The summed E-state index contributed by atoms with van der Waals surface area (Å²) in [6.45, 7) is 12.8. The number of carbonyl (C=O) groups excluding carboxylic acids is 11. The molecule has 0 heterocycles. The molecule has 3 aromatic rings. The number of unbranched alkanes of at least 4 members (excludes halogenated alkanes) is 4. The molecule has 11 amide bonds. The maximum absolute atomic E-state index is 14.8. The second-order valence-electron chi connectivity index (χ2n) is 25.2. The lowest BCUT2D eigenvalue weighted by molar-refractivity contribution is -0.137. The molecule has 0 fully saturated rings. The summed E-state index contributed by atoms with van der Waals surface area (Å²) in [6.07, 6.45) is 4.71. The van der Waals surface area contributed by atoms with E-state index in [9.17, 15) is 57.8 Å². The number of amides is 11. The van der Waals surface area contributed by atoms with Crippen molar-refractivity contribution in [3.63, 3.8) is 0 Å². The van der Waals surface area contributed by atoms with Crippen molar-refractivity contribution >= 4 is 65.0 Å². The number of hydrogen-bond donors (Lipinski definition) is 16. The van der Waals surface area contributed by atoms with Crippen LogP contribution in [0.4, 0.5) is 0 Å². The third kappa shape index (κ3) is 29.6. The van der Waals surface area contributed by atoms with Gasteiger partial charge in [-0.05, 0) is 150 Å². The average molecular weight is 1340 g/mol. The summed E-state index contributed by atoms with van der Waals surface area (Å²) in [7, 11) is 0. The van der Waals surface area contributed by atoms with Crippen molar-refractivity contribution in [1.82, 2.24) is 53.2 Å². The number of phenolic OH excluding ortho intramolecular Hbond substituents is 1. The fourth-order valence-corrected chi connectivity index (χ4v) is 10.6. The van der Waals surface area contributed by atoms with Crippen molar-refractivity contribution in [3.8, 4) is 5.75 Å². The Morgan fingerprint density at radius 3 is 0.990 bits per heavy atom. The monoisotopic (exact) mass is 1340 g/mol. The number of aromatic hydroxyl groups is 1. The molecule has 0 bridgehead atoms. The van der Waals surface area contributed by atoms with Gasteiger partial charge in [-0.15, -0.1) is 0 Å². The standard InChI is InChI=1S/C69H109N15O12/c1-8-44(6)59(84-66(93)55(41-48-31-33-49(86)34-32-48)79-62(89)52(29-17-21-37-72)77-61(88)51(75-45(7)85)28-16-20-36-71)69(96)78-53(30-18-22-38-73)63(90)82-57(42(2)3)67(94)81-56(40-47-25-13-10-14-26-47)65(92)83-58(43(4)5)68(95)80-54(39-46-23-11-9-12-24-46)64(91)76-50(60(74)87)27-15-19-35-70/h9-14,23-26,31-34,42-44,50-59,86H,8,15-22,27-30,35-41,70-73H2,1-7H3,(H2,74,87)(H,75,85)(H,76,91)(H,77,88)(H,78,96)(H,79,89)(H,80,95)(H,81,94)(H,82,90)(H,83,92)(H,84,93)/t44-,50-,51-,52-,53-,54-,55-,56-,57-,58-,59-/m0/s1. The minimum atomic E-state index is -1.38. The van der Waals surface area contributed by atoms with Crippen LogP contribution < -0.4 is 81.8 Å². The Balaban J connectivity index is 1.97. The zero-order valence-electron chi connectivity index (χ0n) is 57.1. The minimum absolute atomic E-state index is 0.0149. The second kappa shape index (κ2) is 44.3. The van der Waals surface area contributed by atoms with E-state index in [2.05, 4.69) is 53.2 Å². The van der Waals surface area contributed by atoms with Gasteiger partial charge >= 0.3 is 0 Å². The molecule has 0 aromatic heterocycles. The summed E-state index contributed by atoms with van der Waals surface area (Å²) >= 11 is 0. The lowest BCUT2D eigenvalue weighted by Crippen LogP contribution is -2.62. The highest BCUT2D eigenvalue weighted by Crippen LogP contribution is 2.17. The molecule has 3 aromatic carbocycles. The number of carbonyl (C=O) groups is 11. The summed E-state index contributed by atoms with van der Waals surface area (Å²) in [5.74, 6) is -9.66. The van der Waals surface area contributed by atoms with Crippen LogP contribution in [-0.4, -0.2) is 157 Å². The Labute approximate surface area is 565 Å². The molecule has 532 valence electrons. The number of nitrogens with two attached hydrogens (primary N) is 5. The third-order valence-electron chi connectivity index (χ3n) is 16.5. The Hall–Kier alpha value is -8.53. The normalized spacial score (nSPS) is 14.7. The summed E-state index contributed by atoms with van der Waals surface area (Å²) in [6, 6.07) is 11.2. The highest BCUT2D eigenvalue weighted by molar-refractivity contribution is 5.99. The van der Waals surface area contributed by atoms with E-state index in [1.165, 1.54) is 19.1 Å². The van der Waals surface area contributed by atoms with Crippen LogP contribution in [0.1, 0.15) is 149 Å². The van der Waals surface area contributed by atoms with Gasteiger partial charge in [0.25, 0.3) is 0 Å². The summed E-state index contributed by atoms with van der Waals surface area (Å²) in [5, 5.41) is 37.8. The number of hydrogen-bond acceptors (Lipinski definition) is 16.